The Hall–Kier alpha value is -1.34. The van der Waals surface area contributed by atoms with Crippen molar-refractivity contribution in [1.82, 2.24) is 0 Å². The summed E-state index contributed by atoms with van der Waals surface area (Å²) in [7, 11) is 0. The molecule has 2 aromatic rings. The average Bonchev–Trinajstić information content (AvgIpc) is 2.32. The molecule has 0 spiro atoms. The molecule has 0 heterocycles. The minimum Gasteiger partial charge on any atom is -0.206 e. The summed E-state index contributed by atoms with van der Waals surface area (Å²) in [5.41, 5.74) is 3.55. The van der Waals surface area contributed by atoms with Crippen LogP contribution in [0.4, 0.5) is 4.39 Å². The van der Waals surface area contributed by atoms with Crippen molar-refractivity contribution < 1.29 is 4.39 Å². The van der Waals surface area contributed by atoms with Crippen LogP contribution in [0.2, 0.25) is 0 Å². The first-order valence-corrected chi connectivity index (χ1v) is 6.46. The van der Waals surface area contributed by atoms with Gasteiger partial charge < -0.3 is 0 Å². The molecule has 0 fully saturated rings. The van der Waals surface area contributed by atoms with Gasteiger partial charge in [0.15, 0.2) is 0 Å². The van der Waals surface area contributed by atoms with Gasteiger partial charge in [-0.15, -0.1) is 11.6 Å². The van der Waals surface area contributed by atoms with Crippen LogP contribution in [0.5, 0.6) is 0 Å². The molecule has 0 aliphatic carbocycles. The standard InChI is InChI=1S/C16H16ClF/c1-11-5-3-7-13(9-11)10-15(17)14-8-4-6-12(2)16(14)18/h3-9,15H,10H2,1-2H3. The highest BCUT2D eigenvalue weighted by atomic mass is 35.5. The fraction of sp³-hybridized carbons (Fsp3) is 0.250. The molecule has 0 aromatic heterocycles. The van der Waals surface area contributed by atoms with Gasteiger partial charge in [-0.05, 0) is 31.4 Å². The Bertz CT molecular complexity index is 549. The van der Waals surface area contributed by atoms with Gasteiger partial charge >= 0.3 is 0 Å². The quantitative estimate of drug-likeness (QED) is 0.686. The zero-order valence-corrected chi connectivity index (χ0v) is 11.3. The SMILES string of the molecule is Cc1cccc(CC(Cl)c2cccc(C)c2F)c1. The van der Waals surface area contributed by atoms with Crippen molar-refractivity contribution >= 4 is 11.6 Å². The first kappa shape index (κ1) is 13.1. The molecule has 0 aliphatic heterocycles. The van der Waals surface area contributed by atoms with Gasteiger partial charge in [-0.3, -0.25) is 0 Å². The summed E-state index contributed by atoms with van der Waals surface area (Å²) in [5.74, 6) is -0.190. The summed E-state index contributed by atoms with van der Waals surface area (Å²) < 4.78 is 13.9. The molecule has 2 aromatic carbocycles. The second-order valence-electron chi connectivity index (χ2n) is 4.64. The lowest BCUT2D eigenvalue weighted by Crippen LogP contribution is -2.00. The van der Waals surface area contributed by atoms with Crippen molar-refractivity contribution in [2.75, 3.05) is 0 Å². The van der Waals surface area contributed by atoms with Gasteiger partial charge in [0, 0.05) is 5.56 Å². The minimum atomic E-state index is -0.327. The highest BCUT2D eigenvalue weighted by molar-refractivity contribution is 6.21. The predicted molar refractivity (Wildman–Crippen MR) is 74.6 cm³/mol. The molecule has 1 unspecified atom stereocenters. The van der Waals surface area contributed by atoms with E-state index in [1.54, 1.807) is 19.1 Å². The van der Waals surface area contributed by atoms with Crippen molar-refractivity contribution in [3.05, 3.63) is 70.5 Å². The maximum absolute atomic E-state index is 13.9. The summed E-state index contributed by atoms with van der Waals surface area (Å²) in [4.78, 5) is 0. The smallest absolute Gasteiger partial charge is 0.130 e. The normalized spacial score (nSPS) is 12.4. The van der Waals surface area contributed by atoms with Crippen LogP contribution in [0, 0.1) is 19.7 Å². The van der Waals surface area contributed by atoms with Gasteiger partial charge in [-0.25, -0.2) is 4.39 Å². The molecule has 18 heavy (non-hydrogen) atoms. The molecule has 0 aliphatic rings. The van der Waals surface area contributed by atoms with E-state index in [1.165, 1.54) is 5.56 Å². The number of aryl methyl sites for hydroxylation is 2. The number of hydrogen-bond donors (Lipinski definition) is 0. The van der Waals surface area contributed by atoms with Gasteiger partial charge in [0.1, 0.15) is 5.82 Å². The zero-order chi connectivity index (χ0) is 13.1. The van der Waals surface area contributed by atoms with Crippen LogP contribution in [0.15, 0.2) is 42.5 Å². The number of halogens is 2. The molecule has 0 bridgehead atoms. The highest BCUT2D eigenvalue weighted by Gasteiger charge is 2.14. The fourth-order valence-electron chi connectivity index (χ4n) is 2.07. The van der Waals surface area contributed by atoms with E-state index >= 15 is 0 Å². The maximum Gasteiger partial charge on any atom is 0.130 e. The van der Waals surface area contributed by atoms with E-state index in [0.717, 1.165) is 5.56 Å². The average molecular weight is 263 g/mol. The third-order valence-corrected chi connectivity index (χ3v) is 3.45. The third kappa shape index (κ3) is 2.91. The van der Waals surface area contributed by atoms with Crippen molar-refractivity contribution in [1.29, 1.82) is 0 Å². The van der Waals surface area contributed by atoms with Gasteiger partial charge in [-0.1, -0.05) is 48.0 Å². The number of rotatable bonds is 3. The Labute approximate surface area is 112 Å². The van der Waals surface area contributed by atoms with E-state index < -0.39 is 0 Å². The lowest BCUT2D eigenvalue weighted by molar-refractivity contribution is 0.597. The predicted octanol–water partition coefficient (Wildman–Crippen LogP) is 4.97. The molecule has 2 heteroatoms. The lowest BCUT2D eigenvalue weighted by atomic mass is 10.0. The number of hydrogen-bond acceptors (Lipinski definition) is 0. The van der Waals surface area contributed by atoms with Gasteiger partial charge in [0.05, 0.1) is 5.38 Å². The topological polar surface area (TPSA) is 0 Å². The summed E-state index contributed by atoms with van der Waals surface area (Å²) in [6.45, 7) is 3.80. The largest absolute Gasteiger partial charge is 0.206 e. The second-order valence-corrected chi connectivity index (χ2v) is 5.17. The van der Waals surface area contributed by atoms with Crippen LogP contribution in [-0.2, 0) is 6.42 Å². The van der Waals surface area contributed by atoms with Gasteiger partial charge in [0.2, 0.25) is 0 Å². The van der Waals surface area contributed by atoms with Crippen LogP contribution in [0.25, 0.3) is 0 Å². The molecule has 0 N–H and O–H groups in total. The third-order valence-electron chi connectivity index (χ3n) is 3.06. The molecule has 0 radical (unpaired) electrons. The molecule has 0 nitrogen and oxygen atoms in total. The molecule has 0 saturated heterocycles. The maximum atomic E-state index is 13.9. The first-order chi connectivity index (χ1) is 8.58. The lowest BCUT2D eigenvalue weighted by Gasteiger charge is -2.12. The summed E-state index contributed by atoms with van der Waals surface area (Å²) in [5, 5.41) is -0.327. The first-order valence-electron chi connectivity index (χ1n) is 6.02. The van der Waals surface area contributed by atoms with Crippen LogP contribution in [0.1, 0.15) is 27.6 Å². The van der Waals surface area contributed by atoms with Crippen LogP contribution in [-0.4, -0.2) is 0 Å². The summed E-state index contributed by atoms with van der Waals surface area (Å²) in [6, 6.07) is 13.5. The van der Waals surface area contributed by atoms with Crippen molar-refractivity contribution in [2.45, 2.75) is 25.6 Å². The Balaban J connectivity index is 2.22. The van der Waals surface area contributed by atoms with Crippen molar-refractivity contribution in [3.8, 4) is 0 Å². The molecular weight excluding hydrogens is 247 g/mol. The molecule has 0 saturated carbocycles. The Morgan fingerprint density at radius 1 is 1.11 bits per heavy atom. The number of alkyl halides is 1. The van der Waals surface area contributed by atoms with Crippen LogP contribution < -0.4 is 0 Å². The Morgan fingerprint density at radius 3 is 2.56 bits per heavy atom. The molecule has 94 valence electrons. The van der Waals surface area contributed by atoms with Crippen LogP contribution >= 0.6 is 11.6 Å². The zero-order valence-electron chi connectivity index (χ0n) is 10.6. The summed E-state index contributed by atoms with van der Waals surface area (Å²) in [6.07, 6.45) is 0.642. The highest BCUT2D eigenvalue weighted by Crippen LogP contribution is 2.28. The molecular formula is C16H16ClF. The van der Waals surface area contributed by atoms with Gasteiger partial charge in [-0.2, -0.15) is 0 Å². The minimum absolute atomic E-state index is 0.190. The van der Waals surface area contributed by atoms with E-state index in [9.17, 15) is 4.39 Å². The van der Waals surface area contributed by atoms with E-state index in [0.29, 0.717) is 17.5 Å². The van der Waals surface area contributed by atoms with E-state index in [2.05, 4.69) is 6.07 Å². The fourth-order valence-corrected chi connectivity index (χ4v) is 2.41. The molecule has 1 atom stereocenters. The van der Waals surface area contributed by atoms with Crippen molar-refractivity contribution in [2.24, 2.45) is 0 Å². The number of benzene rings is 2. The second kappa shape index (κ2) is 5.53. The van der Waals surface area contributed by atoms with E-state index in [4.69, 9.17) is 11.6 Å². The van der Waals surface area contributed by atoms with Crippen LogP contribution in [0.3, 0.4) is 0 Å². The Kier molecular flexibility index (Phi) is 4.03. The summed E-state index contributed by atoms with van der Waals surface area (Å²) >= 11 is 6.33. The molecule has 0 amide bonds. The monoisotopic (exact) mass is 262 g/mol. The van der Waals surface area contributed by atoms with Gasteiger partial charge in [0.25, 0.3) is 0 Å². The van der Waals surface area contributed by atoms with E-state index in [-0.39, 0.29) is 11.2 Å². The van der Waals surface area contributed by atoms with E-state index in [1.807, 2.05) is 31.2 Å². The Morgan fingerprint density at radius 2 is 1.83 bits per heavy atom. The molecule has 2 rings (SSSR count). The van der Waals surface area contributed by atoms with Crippen molar-refractivity contribution in [3.63, 3.8) is 0 Å².